The first-order valence-electron chi connectivity index (χ1n) is 7.24. The lowest BCUT2D eigenvalue weighted by molar-refractivity contribution is 0.152. The first-order chi connectivity index (χ1) is 9.74. The van der Waals surface area contributed by atoms with Crippen molar-refractivity contribution in [3.8, 4) is 0 Å². The lowest BCUT2D eigenvalue weighted by Gasteiger charge is -2.38. The lowest BCUT2D eigenvalue weighted by Crippen LogP contribution is -2.38. The molecule has 0 bridgehead atoms. The van der Waals surface area contributed by atoms with E-state index in [2.05, 4.69) is 24.0 Å². The number of thiophene rings is 1. The first kappa shape index (κ1) is 12.9. The molecule has 0 saturated heterocycles. The molecule has 4 rings (SSSR count). The summed E-state index contributed by atoms with van der Waals surface area (Å²) in [5.41, 5.74) is 2.91. The van der Waals surface area contributed by atoms with Gasteiger partial charge in [-0.15, -0.1) is 22.9 Å². The van der Waals surface area contributed by atoms with E-state index >= 15 is 0 Å². The molecule has 0 fully saturated rings. The quantitative estimate of drug-likeness (QED) is 0.777. The highest BCUT2D eigenvalue weighted by atomic mass is 35.5. The molecule has 0 spiro atoms. The maximum atomic E-state index is 6.01. The number of nitrogens with zero attached hydrogens (tertiary/aromatic N) is 1. The molecule has 0 saturated carbocycles. The van der Waals surface area contributed by atoms with Gasteiger partial charge in [-0.1, -0.05) is 0 Å². The second-order valence-electron chi connectivity index (χ2n) is 5.78. The Kier molecular flexibility index (Phi) is 3.17. The normalized spacial score (nSPS) is 21.4. The van der Waals surface area contributed by atoms with Crippen molar-refractivity contribution in [2.45, 2.75) is 38.8 Å². The van der Waals surface area contributed by atoms with E-state index in [4.69, 9.17) is 16.0 Å². The van der Waals surface area contributed by atoms with Gasteiger partial charge in [-0.05, 0) is 31.0 Å². The Labute approximate surface area is 128 Å². The van der Waals surface area contributed by atoms with Gasteiger partial charge >= 0.3 is 0 Å². The van der Waals surface area contributed by atoms with E-state index in [-0.39, 0.29) is 0 Å². The summed E-state index contributed by atoms with van der Waals surface area (Å²) in [7, 11) is 0. The van der Waals surface area contributed by atoms with Crippen LogP contribution in [-0.4, -0.2) is 17.3 Å². The molecule has 0 aliphatic carbocycles. The molecule has 2 aliphatic heterocycles. The fraction of sp³-hybridized carbons (Fsp3) is 0.500. The van der Waals surface area contributed by atoms with Crippen LogP contribution in [0.25, 0.3) is 0 Å². The Morgan fingerprint density at radius 1 is 1.45 bits per heavy atom. The van der Waals surface area contributed by atoms with Gasteiger partial charge in [0.15, 0.2) is 0 Å². The third-order valence-corrected chi connectivity index (χ3v) is 5.75. The summed E-state index contributed by atoms with van der Waals surface area (Å²) in [5, 5.41) is 0. The van der Waals surface area contributed by atoms with Crippen LogP contribution >= 0.6 is 22.9 Å². The van der Waals surface area contributed by atoms with Crippen molar-refractivity contribution < 1.29 is 4.42 Å². The third-order valence-electron chi connectivity index (χ3n) is 4.43. The van der Waals surface area contributed by atoms with Crippen LogP contribution in [0.5, 0.6) is 0 Å². The number of furan rings is 1. The van der Waals surface area contributed by atoms with Crippen LogP contribution in [0.1, 0.15) is 38.4 Å². The number of aryl methyl sites for hydroxylation is 2. The van der Waals surface area contributed by atoms with Crippen molar-refractivity contribution >= 4 is 22.9 Å². The number of halogens is 1. The SMILES string of the molecule is Cc1cc2c(s1)CCN1Cc3cc(CCCl)oc3CC21. The summed E-state index contributed by atoms with van der Waals surface area (Å²) in [6.45, 7) is 4.42. The second kappa shape index (κ2) is 4.90. The molecule has 106 valence electrons. The number of fused-ring (bicyclic) bond motifs is 4. The molecular formula is C16H18ClNOS. The van der Waals surface area contributed by atoms with Gasteiger partial charge in [0.2, 0.25) is 0 Å². The van der Waals surface area contributed by atoms with Crippen molar-refractivity contribution in [2.75, 3.05) is 12.4 Å². The molecule has 0 radical (unpaired) electrons. The maximum absolute atomic E-state index is 6.01. The van der Waals surface area contributed by atoms with Gasteiger partial charge in [0, 0.05) is 53.2 Å². The van der Waals surface area contributed by atoms with Gasteiger partial charge in [0.05, 0.1) is 0 Å². The average Bonchev–Trinajstić information content (AvgIpc) is 2.98. The number of rotatable bonds is 2. The molecule has 2 aliphatic rings. The summed E-state index contributed by atoms with van der Waals surface area (Å²) in [6.07, 6.45) is 3.05. The predicted molar refractivity (Wildman–Crippen MR) is 82.7 cm³/mol. The Morgan fingerprint density at radius 2 is 2.35 bits per heavy atom. The monoisotopic (exact) mass is 307 g/mol. The van der Waals surface area contributed by atoms with E-state index in [1.807, 2.05) is 11.3 Å². The minimum absolute atomic E-state index is 0.520. The van der Waals surface area contributed by atoms with Crippen LogP contribution in [0.2, 0.25) is 0 Å². The number of hydrogen-bond acceptors (Lipinski definition) is 3. The summed E-state index contributed by atoms with van der Waals surface area (Å²) in [6, 6.07) is 5.11. The number of hydrogen-bond donors (Lipinski definition) is 0. The Hall–Kier alpha value is -0.770. The van der Waals surface area contributed by atoms with Crippen LogP contribution in [-0.2, 0) is 25.8 Å². The molecule has 2 aromatic rings. The van der Waals surface area contributed by atoms with Crippen LogP contribution < -0.4 is 0 Å². The summed E-state index contributed by atoms with van der Waals surface area (Å²) >= 11 is 7.79. The summed E-state index contributed by atoms with van der Waals surface area (Å²) < 4.78 is 6.01. The highest BCUT2D eigenvalue weighted by molar-refractivity contribution is 7.12. The van der Waals surface area contributed by atoms with Crippen molar-refractivity contribution in [2.24, 2.45) is 0 Å². The van der Waals surface area contributed by atoms with Gasteiger partial charge in [-0.25, -0.2) is 0 Å². The van der Waals surface area contributed by atoms with Gasteiger partial charge < -0.3 is 4.42 Å². The van der Waals surface area contributed by atoms with Gasteiger partial charge in [0.1, 0.15) is 11.5 Å². The molecule has 0 N–H and O–H groups in total. The molecule has 4 heteroatoms. The average molecular weight is 308 g/mol. The third kappa shape index (κ3) is 2.03. The van der Waals surface area contributed by atoms with Crippen molar-refractivity contribution in [1.29, 1.82) is 0 Å². The van der Waals surface area contributed by atoms with Crippen LogP contribution in [0.15, 0.2) is 16.5 Å². The lowest BCUT2D eigenvalue weighted by atomic mass is 9.91. The smallest absolute Gasteiger partial charge is 0.110 e. The standard InChI is InChI=1S/C16H18ClNOS/c1-10-6-13-14-8-15-11(7-12(19-15)2-4-17)9-18(14)5-3-16(13)20-10/h6-7,14H,2-5,8-9H2,1H3. The van der Waals surface area contributed by atoms with Crippen molar-refractivity contribution in [3.63, 3.8) is 0 Å². The van der Waals surface area contributed by atoms with Crippen LogP contribution in [0, 0.1) is 6.92 Å². The molecule has 0 amide bonds. The van der Waals surface area contributed by atoms with Crippen molar-refractivity contribution in [1.82, 2.24) is 4.90 Å². The molecule has 2 aromatic heterocycles. The molecule has 20 heavy (non-hydrogen) atoms. The van der Waals surface area contributed by atoms with E-state index in [0.717, 1.165) is 25.1 Å². The fourth-order valence-corrected chi connectivity index (χ4v) is 4.80. The zero-order valence-corrected chi connectivity index (χ0v) is 13.2. The van der Waals surface area contributed by atoms with Crippen molar-refractivity contribution in [3.05, 3.63) is 44.5 Å². The summed E-state index contributed by atoms with van der Waals surface area (Å²) in [4.78, 5) is 5.63. The molecule has 0 aromatic carbocycles. The van der Waals surface area contributed by atoms with Crippen LogP contribution in [0.3, 0.4) is 0 Å². The van der Waals surface area contributed by atoms with E-state index < -0.39 is 0 Å². The Bertz CT molecular complexity index is 645. The highest BCUT2D eigenvalue weighted by Crippen LogP contribution is 2.41. The fourth-order valence-electron chi connectivity index (χ4n) is 3.53. The summed E-state index contributed by atoms with van der Waals surface area (Å²) in [5.74, 6) is 2.86. The number of alkyl halides is 1. The highest BCUT2D eigenvalue weighted by Gasteiger charge is 2.34. The molecule has 1 unspecified atom stereocenters. The maximum Gasteiger partial charge on any atom is 0.110 e. The molecular weight excluding hydrogens is 290 g/mol. The second-order valence-corrected chi connectivity index (χ2v) is 7.49. The van der Waals surface area contributed by atoms with E-state index in [1.165, 1.54) is 29.2 Å². The van der Waals surface area contributed by atoms with Crippen LogP contribution in [0.4, 0.5) is 0 Å². The zero-order valence-electron chi connectivity index (χ0n) is 11.6. The molecule has 4 heterocycles. The Morgan fingerprint density at radius 3 is 3.20 bits per heavy atom. The minimum Gasteiger partial charge on any atom is -0.466 e. The molecule has 1 atom stereocenters. The largest absolute Gasteiger partial charge is 0.466 e. The Balaban J connectivity index is 1.68. The van der Waals surface area contributed by atoms with E-state index in [9.17, 15) is 0 Å². The topological polar surface area (TPSA) is 16.4 Å². The van der Waals surface area contributed by atoms with Gasteiger partial charge in [0.25, 0.3) is 0 Å². The van der Waals surface area contributed by atoms with E-state index in [1.54, 1.807) is 10.4 Å². The van der Waals surface area contributed by atoms with Gasteiger partial charge in [-0.3, -0.25) is 4.90 Å². The first-order valence-corrected chi connectivity index (χ1v) is 8.59. The predicted octanol–water partition coefficient (Wildman–Crippen LogP) is 4.09. The zero-order chi connectivity index (χ0) is 13.7. The minimum atomic E-state index is 0.520. The molecule has 2 nitrogen and oxygen atoms in total. The van der Waals surface area contributed by atoms with Gasteiger partial charge in [-0.2, -0.15) is 0 Å². The van der Waals surface area contributed by atoms with E-state index in [0.29, 0.717) is 11.9 Å².